The first-order chi connectivity index (χ1) is 7.38. The van der Waals surface area contributed by atoms with Crippen molar-refractivity contribution in [2.24, 2.45) is 23.5 Å². The number of rotatable bonds is 4. The molecule has 0 radical (unpaired) electrons. The van der Waals surface area contributed by atoms with Crippen LogP contribution in [0.4, 0.5) is 0 Å². The Morgan fingerprint density at radius 3 is 2.56 bits per heavy atom. The predicted molar refractivity (Wildman–Crippen MR) is 66.9 cm³/mol. The van der Waals surface area contributed by atoms with Gasteiger partial charge in [-0.2, -0.15) is 0 Å². The van der Waals surface area contributed by atoms with Crippen LogP contribution < -0.4 is 11.1 Å². The van der Waals surface area contributed by atoms with Crippen LogP contribution in [-0.2, 0) is 4.79 Å². The molecule has 3 N–H and O–H groups in total. The third kappa shape index (κ3) is 2.76. The highest BCUT2D eigenvalue weighted by Crippen LogP contribution is 2.36. The molecule has 3 heteroatoms. The summed E-state index contributed by atoms with van der Waals surface area (Å²) in [6.45, 7) is 9.52. The molecule has 1 aliphatic rings. The Kier molecular flexibility index (Phi) is 4.36. The Labute approximate surface area is 99.2 Å². The number of primary amides is 1. The number of nitrogens with one attached hydrogen (secondary N) is 1. The van der Waals surface area contributed by atoms with E-state index in [0.29, 0.717) is 17.8 Å². The van der Waals surface area contributed by atoms with Crippen LogP contribution in [0.1, 0.15) is 47.0 Å². The molecule has 0 aromatic rings. The van der Waals surface area contributed by atoms with E-state index in [0.717, 1.165) is 19.4 Å². The van der Waals surface area contributed by atoms with E-state index in [4.69, 9.17) is 5.73 Å². The van der Waals surface area contributed by atoms with Crippen molar-refractivity contribution in [3.8, 4) is 0 Å². The molecule has 3 unspecified atom stereocenters. The zero-order valence-corrected chi connectivity index (χ0v) is 11.0. The smallest absolute Gasteiger partial charge is 0.238 e. The van der Waals surface area contributed by atoms with Crippen LogP contribution in [0.2, 0.25) is 0 Å². The lowest BCUT2D eigenvalue weighted by atomic mass is 9.69. The largest absolute Gasteiger partial charge is 0.368 e. The monoisotopic (exact) mass is 226 g/mol. The summed E-state index contributed by atoms with van der Waals surface area (Å²) in [5, 5.41) is 3.44. The average Bonchev–Trinajstić information content (AvgIpc) is 2.19. The van der Waals surface area contributed by atoms with Gasteiger partial charge in [-0.05, 0) is 37.1 Å². The maximum Gasteiger partial charge on any atom is 0.238 e. The van der Waals surface area contributed by atoms with Gasteiger partial charge in [0.15, 0.2) is 0 Å². The van der Waals surface area contributed by atoms with Gasteiger partial charge in [-0.3, -0.25) is 4.79 Å². The molecular weight excluding hydrogens is 200 g/mol. The first-order valence-corrected chi connectivity index (χ1v) is 6.43. The summed E-state index contributed by atoms with van der Waals surface area (Å²) in [7, 11) is 0. The molecule has 1 amide bonds. The van der Waals surface area contributed by atoms with Crippen molar-refractivity contribution < 1.29 is 4.79 Å². The van der Waals surface area contributed by atoms with Gasteiger partial charge in [-0.25, -0.2) is 0 Å². The van der Waals surface area contributed by atoms with Gasteiger partial charge >= 0.3 is 0 Å². The number of carbonyl (C=O) groups is 1. The van der Waals surface area contributed by atoms with Gasteiger partial charge in [-0.15, -0.1) is 0 Å². The lowest BCUT2D eigenvalue weighted by molar-refractivity contribution is -0.128. The van der Waals surface area contributed by atoms with Crippen LogP contribution in [-0.4, -0.2) is 18.0 Å². The summed E-state index contributed by atoms with van der Waals surface area (Å²) in [6.07, 6.45) is 3.19. The standard InChI is InChI=1S/C13H26N2O/c1-9(2)8-15-13(12(14)16)7-10(3)5-6-11(13)4/h9-11,15H,5-8H2,1-4H3,(H2,14,16). The lowest BCUT2D eigenvalue weighted by Crippen LogP contribution is -2.62. The molecule has 1 saturated carbocycles. The minimum Gasteiger partial charge on any atom is -0.368 e. The molecule has 0 aromatic carbocycles. The van der Waals surface area contributed by atoms with E-state index in [1.165, 1.54) is 6.42 Å². The number of hydrogen-bond acceptors (Lipinski definition) is 2. The summed E-state index contributed by atoms with van der Waals surface area (Å²) < 4.78 is 0. The molecule has 1 aliphatic carbocycles. The molecular formula is C13H26N2O. The quantitative estimate of drug-likeness (QED) is 0.769. The highest BCUT2D eigenvalue weighted by molar-refractivity contribution is 5.85. The van der Waals surface area contributed by atoms with E-state index in [9.17, 15) is 4.79 Å². The second-order valence-electron chi connectivity index (χ2n) is 5.90. The Bertz CT molecular complexity index is 252. The van der Waals surface area contributed by atoms with E-state index in [-0.39, 0.29) is 5.91 Å². The van der Waals surface area contributed by atoms with Gasteiger partial charge in [0, 0.05) is 0 Å². The molecule has 16 heavy (non-hydrogen) atoms. The van der Waals surface area contributed by atoms with E-state index in [2.05, 4.69) is 33.0 Å². The SMILES string of the molecule is CC(C)CNC1(C(N)=O)CC(C)CCC1C. The summed E-state index contributed by atoms with van der Waals surface area (Å²) in [6, 6.07) is 0. The van der Waals surface area contributed by atoms with Crippen molar-refractivity contribution in [2.45, 2.75) is 52.5 Å². The Morgan fingerprint density at radius 2 is 2.06 bits per heavy atom. The normalized spacial score (nSPS) is 35.3. The van der Waals surface area contributed by atoms with Gasteiger partial charge in [0.05, 0.1) is 0 Å². The second kappa shape index (κ2) is 5.17. The summed E-state index contributed by atoms with van der Waals surface area (Å²) >= 11 is 0. The summed E-state index contributed by atoms with van der Waals surface area (Å²) in [5.41, 5.74) is 5.17. The molecule has 3 atom stereocenters. The van der Waals surface area contributed by atoms with Gasteiger partial charge < -0.3 is 11.1 Å². The average molecular weight is 226 g/mol. The fourth-order valence-corrected chi connectivity index (χ4v) is 2.70. The van der Waals surface area contributed by atoms with Crippen molar-refractivity contribution in [2.75, 3.05) is 6.54 Å². The molecule has 1 fully saturated rings. The zero-order chi connectivity index (χ0) is 12.3. The van der Waals surface area contributed by atoms with Crippen molar-refractivity contribution in [1.29, 1.82) is 0 Å². The molecule has 0 aromatic heterocycles. The number of carbonyl (C=O) groups excluding carboxylic acids is 1. The Morgan fingerprint density at radius 1 is 1.44 bits per heavy atom. The van der Waals surface area contributed by atoms with Crippen LogP contribution in [0, 0.1) is 17.8 Å². The molecule has 94 valence electrons. The number of amides is 1. The maximum atomic E-state index is 11.8. The van der Waals surface area contributed by atoms with Crippen LogP contribution in [0.3, 0.4) is 0 Å². The van der Waals surface area contributed by atoms with Crippen molar-refractivity contribution in [1.82, 2.24) is 5.32 Å². The molecule has 0 saturated heterocycles. The van der Waals surface area contributed by atoms with E-state index in [1.807, 2.05) is 0 Å². The summed E-state index contributed by atoms with van der Waals surface area (Å²) in [4.78, 5) is 11.8. The fraction of sp³-hybridized carbons (Fsp3) is 0.923. The zero-order valence-electron chi connectivity index (χ0n) is 11.0. The number of hydrogen-bond donors (Lipinski definition) is 2. The fourth-order valence-electron chi connectivity index (χ4n) is 2.70. The van der Waals surface area contributed by atoms with Crippen molar-refractivity contribution >= 4 is 5.91 Å². The first-order valence-electron chi connectivity index (χ1n) is 6.43. The van der Waals surface area contributed by atoms with Gasteiger partial charge in [0.1, 0.15) is 5.54 Å². The van der Waals surface area contributed by atoms with Gasteiger partial charge in [0.2, 0.25) is 5.91 Å². The van der Waals surface area contributed by atoms with E-state index < -0.39 is 5.54 Å². The highest BCUT2D eigenvalue weighted by atomic mass is 16.1. The van der Waals surface area contributed by atoms with E-state index in [1.54, 1.807) is 0 Å². The van der Waals surface area contributed by atoms with Crippen LogP contribution in [0.15, 0.2) is 0 Å². The minimum absolute atomic E-state index is 0.174. The predicted octanol–water partition coefficient (Wildman–Crippen LogP) is 1.91. The Hall–Kier alpha value is -0.570. The van der Waals surface area contributed by atoms with Crippen LogP contribution in [0.25, 0.3) is 0 Å². The van der Waals surface area contributed by atoms with Crippen LogP contribution in [0.5, 0.6) is 0 Å². The molecule has 1 rings (SSSR count). The van der Waals surface area contributed by atoms with Gasteiger partial charge in [0.25, 0.3) is 0 Å². The van der Waals surface area contributed by atoms with Gasteiger partial charge in [-0.1, -0.05) is 34.1 Å². The molecule has 3 nitrogen and oxygen atoms in total. The summed E-state index contributed by atoms with van der Waals surface area (Å²) in [5.74, 6) is 1.30. The second-order valence-corrected chi connectivity index (χ2v) is 5.90. The first kappa shape index (κ1) is 13.5. The molecule has 0 heterocycles. The third-order valence-electron chi connectivity index (χ3n) is 3.87. The van der Waals surface area contributed by atoms with Crippen molar-refractivity contribution in [3.63, 3.8) is 0 Å². The van der Waals surface area contributed by atoms with Crippen molar-refractivity contribution in [3.05, 3.63) is 0 Å². The Balaban J connectivity index is 2.80. The van der Waals surface area contributed by atoms with E-state index >= 15 is 0 Å². The third-order valence-corrected chi connectivity index (χ3v) is 3.87. The molecule has 0 spiro atoms. The van der Waals surface area contributed by atoms with Crippen LogP contribution >= 0.6 is 0 Å². The minimum atomic E-state index is -0.470. The number of nitrogens with two attached hydrogens (primary N) is 1. The topological polar surface area (TPSA) is 55.1 Å². The lowest BCUT2D eigenvalue weighted by Gasteiger charge is -2.43. The molecule has 0 bridgehead atoms. The maximum absolute atomic E-state index is 11.8. The molecule has 0 aliphatic heterocycles. The highest BCUT2D eigenvalue weighted by Gasteiger charge is 2.45.